The van der Waals surface area contributed by atoms with E-state index < -0.39 is 5.97 Å². The highest BCUT2D eigenvalue weighted by atomic mass is 16.4. The molecule has 0 fully saturated rings. The summed E-state index contributed by atoms with van der Waals surface area (Å²) >= 11 is 0. The zero-order valence-corrected chi connectivity index (χ0v) is 11.2. The van der Waals surface area contributed by atoms with E-state index in [0.29, 0.717) is 0 Å². The molecule has 5 nitrogen and oxygen atoms in total. The molecule has 0 spiro atoms. The highest BCUT2D eigenvalue weighted by Crippen LogP contribution is 2.27. The van der Waals surface area contributed by atoms with Gasteiger partial charge in [0.2, 0.25) is 0 Å². The molecule has 0 saturated carbocycles. The molecule has 0 atom stereocenters. The number of pyridine rings is 1. The molecule has 0 radical (unpaired) electrons. The van der Waals surface area contributed by atoms with E-state index in [4.69, 9.17) is 5.11 Å². The average Bonchev–Trinajstić information content (AvgIpc) is 2.76. The van der Waals surface area contributed by atoms with Crippen LogP contribution in [0.4, 0.5) is 0 Å². The Kier molecular flexibility index (Phi) is 2.75. The summed E-state index contributed by atoms with van der Waals surface area (Å²) in [5.74, 6) is -0.941. The van der Waals surface area contributed by atoms with E-state index in [1.165, 1.54) is 0 Å². The van der Waals surface area contributed by atoms with E-state index in [-0.39, 0.29) is 5.56 Å². The Balaban J connectivity index is 2.25. The maximum atomic E-state index is 11.0. The fourth-order valence-electron chi connectivity index (χ4n) is 2.25. The molecule has 0 aliphatic heterocycles. The number of benzene rings is 1. The summed E-state index contributed by atoms with van der Waals surface area (Å²) in [4.78, 5) is 15.5. The van der Waals surface area contributed by atoms with E-state index in [0.717, 1.165) is 28.0 Å². The van der Waals surface area contributed by atoms with Gasteiger partial charge in [0, 0.05) is 18.1 Å². The fraction of sp³-hybridized carbons (Fsp3) is 0.133. The number of aromatic carboxylic acids is 1. The van der Waals surface area contributed by atoms with Gasteiger partial charge in [-0.1, -0.05) is 6.07 Å². The summed E-state index contributed by atoms with van der Waals surface area (Å²) < 4.78 is 1.68. The van der Waals surface area contributed by atoms with Crippen LogP contribution in [-0.4, -0.2) is 25.8 Å². The van der Waals surface area contributed by atoms with Crippen molar-refractivity contribution < 1.29 is 9.90 Å². The van der Waals surface area contributed by atoms with Gasteiger partial charge in [0.15, 0.2) is 0 Å². The first-order valence-corrected chi connectivity index (χ1v) is 6.20. The van der Waals surface area contributed by atoms with Gasteiger partial charge in [0.1, 0.15) is 5.69 Å². The summed E-state index contributed by atoms with van der Waals surface area (Å²) in [7, 11) is 1.80. The van der Waals surface area contributed by atoms with Crippen molar-refractivity contribution in [2.75, 3.05) is 0 Å². The largest absolute Gasteiger partial charge is 0.478 e. The molecule has 0 aliphatic rings. The van der Waals surface area contributed by atoms with Crippen LogP contribution in [0.5, 0.6) is 0 Å². The molecule has 2 aromatic heterocycles. The molecular weight excluding hydrogens is 254 g/mol. The van der Waals surface area contributed by atoms with Crippen LogP contribution in [0.3, 0.4) is 0 Å². The number of hydrogen-bond acceptors (Lipinski definition) is 3. The van der Waals surface area contributed by atoms with Gasteiger partial charge in [-0.15, -0.1) is 0 Å². The summed E-state index contributed by atoms with van der Waals surface area (Å²) in [5.41, 5.74) is 3.51. The molecule has 100 valence electrons. The number of aromatic nitrogens is 3. The Morgan fingerprint density at radius 2 is 2.05 bits per heavy atom. The SMILES string of the molecule is Cc1cccc(-c2nn(C)c3cc(C(=O)O)ccc23)n1. The van der Waals surface area contributed by atoms with Crippen LogP contribution < -0.4 is 0 Å². The number of carboxylic acid groups (broad SMARTS) is 1. The minimum atomic E-state index is -0.941. The first-order valence-electron chi connectivity index (χ1n) is 6.20. The van der Waals surface area contributed by atoms with Crippen molar-refractivity contribution in [3.8, 4) is 11.4 Å². The lowest BCUT2D eigenvalue weighted by Crippen LogP contribution is -1.96. The van der Waals surface area contributed by atoms with Crippen LogP contribution in [0, 0.1) is 6.92 Å². The van der Waals surface area contributed by atoms with Crippen LogP contribution in [-0.2, 0) is 7.05 Å². The molecule has 20 heavy (non-hydrogen) atoms. The summed E-state index contributed by atoms with van der Waals surface area (Å²) in [6.45, 7) is 1.93. The molecule has 0 bridgehead atoms. The number of nitrogens with zero attached hydrogens (tertiary/aromatic N) is 3. The van der Waals surface area contributed by atoms with Crippen LogP contribution in [0.2, 0.25) is 0 Å². The van der Waals surface area contributed by atoms with Crippen molar-refractivity contribution in [3.63, 3.8) is 0 Å². The second-order valence-corrected chi connectivity index (χ2v) is 4.67. The molecule has 1 aromatic carbocycles. The van der Waals surface area contributed by atoms with Crippen molar-refractivity contribution in [2.24, 2.45) is 7.05 Å². The molecule has 0 unspecified atom stereocenters. The molecule has 2 heterocycles. The van der Waals surface area contributed by atoms with Crippen molar-refractivity contribution in [2.45, 2.75) is 6.92 Å². The number of fused-ring (bicyclic) bond motifs is 1. The summed E-state index contributed by atoms with van der Waals surface area (Å²) in [6.07, 6.45) is 0. The van der Waals surface area contributed by atoms with E-state index in [1.54, 1.807) is 29.9 Å². The third-order valence-electron chi connectivity index (χ3n) is 3.23. The first-order chi connectivity index (χ1) is 9.56. The van der Waals surface area contributed by atoms with Crippen LogP contribution in [0.15, 0.2) is 36.4 Å². The van der Waals surface area contributed by atoms with Gasteiger partial charge in [0.25, 0.3) is 0 Å². The van der Waals surface area contributed by atoms with Crippen LogP contribution in [0.1, 0.15) is 16.1 Å². The number of carboxylic acids is 1. The van der Waals surface area contributed by atoms with E-state index in [2.05, 4.69) is 10.1 Å². The molecule has 0 saturated heterocycles. The Hall–Kier alpha value is -2.69. The zero-order valence-electron chi connectivity index (χ0n) is 11.2. The predicted molar refractivity (Wildman–Crippen MR) is 75.6 cm³/mol. The summed E-state index contributed by atoms with van der Waals surface area (Å²) in [5, 5.41) is 14.4. The van der Waals surface area contributed by atoms with Crippen molar-refractivity contribution >= 4 is 16.9 Å². The lowest BCUT2D eigenvalue weighted by Gasteiger charge is -1.99. The van der Waals surface area contributed by atoms with E-state index in [9.17, 15) is 4.79 Å². The van der Waals surface area contributed by atoms with Gasteiger partial charge in [0.05, 0.1) is 16.8 Å². The average molecular weight is 267 g/mol. The first kappa shape index (κ1) is 12.3. The van der Waals surface area contributed by atoms with Gasteiger partial charge >= 0.3 is 5.97 Å². The number of rotatable bonds is 2. The van der Waals surface area contributed by atoms with Crippen LogP contribution >= 0.6 is 0 Å². The van der Waals surface area contributed by atoms with Crippen molar-refractivity contribution in [1.29, 1.82) is 0 Å². The topological polar surface area (TPSA) is 68.0 Å². The third-order valence-corrected chi connectivity index (χ3v) is 3.23. The Labute approximate surface area is 115 Å². The van der Waals surface area contributed by atoms with Gasteiger partial charge in [-0.05, 0) is 37.3 Å². The molecule has 0 amide bonds. The monoisotopic (exact) mass is 267 g/mol. The standard InChI is InChI=1S/C15H13N3O2/c1-9-4-3-5-12(16-9)14-11-7-6-10(15(19)20)8-13(11)18(2)17-14/h3-8H,1-2H3,(H,19,20). The van der Waals surface area contributed by atoms with Crippen molar-refractivity contribution in [1.82, 2.24) is 14.8 Å². The smallest absolute Gasteiger partial charge is 0.335 e. The quantitative estimate of drug-likeness (QED) is 0.775. The highest BCUT2D eigenvalue weighted by Gasteiger charge is 2.14. The zero-order chi connectivity index (χ0) is 14.3. The van der Waals surface area contributed by atoms with Crippen molar-refractivity contribution in [3.05, 3.63) is 47.7 Å². The van der Waals surface area contributed by atoms with E-state index in [1.807, 2.05) is 25.1 Å². The molecular formula is C15H13N3O2. The number of carbonyl (C=O) groups is 1. The Morgan fingerprint density at radius 3 is 2.75 bits per heavy atom. The van der Waals surface area contributed by atoms with Gasteiger partial charge < -0.3 is 5.11 Å². The minimum absolute atomic E-state index is 0.254. The van der Waals surface area contributed by atoms with Crippen LogP contribution in [0.25, 0.3) is 22.3 Å². The normalized spacial score (nSPS) is 10.9. The number of hydrogen-bond donors (Lipinski definition) is 1. The Morgan fingerprint density at radius 1 is 1.25 bits per heavy atom. The second-order valence-electron chi connectivity index (χ2n) is 4.67. The fourth-order valence-corrected chi connectivity index (χ4v) is 2.25. The Bertz CT molecular complexity index is 821. The maximum Gasteiger partial charge on any atom is 0.335 e. The minimum Gasteiger partial charge on any atom is -0.478 e. The highest BCUT2D eigenvalue weighted by molar-refractivity contribution is 5.98. The second kappa shape index (κ2) is 4.45. The third kappa shape index (κ3) is 1.93. The van der Waals surface area contributed by atoms with Gasteiger partial charge in [-0.3, -0.25) is 9.67 Å². The maximum absolute atomic E-state index is 11.0. The summed E-state index contributed by atoms with van der Waals surface area (Å²) in [6, 6.07) is 10.8. The molecule has 5 heteroatoms. The molecule has 1 N–H and O–H groups in total. The predicted octanol–water partition coefficient (Wildman–Crippen LogP) is 2.64. The lowest BCUT2D eigenvalue weighted by molar-refractivity contribution is 0.0697. The van der Waals surface area contributed by atoms with E-state index >= 15 is 0 Å². The number of aryl methyl sites for hydroxylation is 2. The molecule has 3 aromatic rings. The van der Waals surface area contributed by atoms with Gasteiger partial charge in [-0.25, -0.2) is 4.79 Å². The molecule has 0 aliphatic carbocycles. The lowest BCUT2D eigenvalue weighted by atomic mass is 10.1. The van der Waals surface area contributed by atoms with Gasteiger partial charge in [-0.2, -0.15) is 5.10 Å². The molecule has 3 rings (SSSR count).